The number of H-pyrrole nitrogens is 1. The van der Waals surface area contributed by atoms with Crippen molar-refractivity contribution in [2.75, 3.05) is 19.7 Å². The van der Waals surface area contributed by atoms with Gasteiger partial charge in [-0.3, -0.25) is 4.90 Å². The van der Waals surface area contributed by atoms with E-state index in [0.717, 1.165) is 37.9 Å². The number of aliphatic hydroxyl groups excluding tert-OH is 1. The Morgan fingerprint density at radius 3 is 3.00 bits per heavy atom. The number of aromatic amines is 1. The van der Waals surface area contributed by atoms with E-state index in [1.54, 1.807) is 6.07 Å². The number of phenolic OH excluding ortho intramolecular Hbond substituents is 1. The summed E-state index contributed by atoms with van der Waals surface area (Å²) in [7, 11) is 0. The summed E-state index contributed by atoms with van der Waals surface area (Å²) in [5.74, 6) is 0.301. The quantitative estimate of drug-likeness (QED) is 0.799. The molecule has 1 aromatic heterocycles. The Hall–Kier alpha value is -1.52. The Balaban J connectivity index is 1.91. The predicted molar refractivity (Wildman–Crippen MR) is 87.0 cm³/mol. The predicted octanol–water partition coefficient (Wildman–Crippen LogP) is 2.96. The molecule has 22 heavy (non-hydrogen) atoms. The fourth-order valence-electron chi connectivity index (χ4n) is 4.69. The van der Waals surface area contributed by atoms with Gasteiger partial charge in [0.25, 0.3) is 0 Å². The second kappa shape index (κ2) is 5.00. The van der Waals surface area contributed by atoms with Gasteiger partial charge in [0.15, 0.2) is 0 Å². The van der Waals surface area contributed by atoms with Crippen LogP contribution in [-0.2, 0) is 6.42 Å². The van der Waals surface area contributed by atoms with E-state index >= 15 is 0 Å². The highest BCUT2D eigenvalue weighted by molar-refractivity contribution is 5.86. The molecule has 2 atom stereocenters. The smallest absolute Gasteiger partial charge is 0.117 e. The molecule has 2 aromatic rings. The normalized spacial score (nSPS) is 28.5. The lowest BCUT2D eigenvalue weighted by molar-refractivity contribution is -0.0379. The first-order chi connectivity index (χ1) is 10.7. The van der Waals surface area contributed by atoms with Gasteiger partial charge in [-0.15, -0.1) is 0 Å². The number of rotatable bonds is 2. The fraction of sp³-hybridized carbons (Fsp3) is 0.556. The molecule has 0 saturated carbocycles. The van der Waals surface area contributed by atoms with Gasteiger partial charge in [0.2, 0.25) is 0 Å². The maximum Gasteiger partial charge on any atom is 0.117 e. The van der Waals surface area contributed by atoms with Crippen molar-refractivity contribution in [3.63, 3.8) is 0 Å². The Morgan fingerprint density at radius 1 is 1.36 bits per heavy atom. The number of fused-ring (bicyclic) bond motifs is 5. The van der Waals surface area contributed by atoms with Crippen molar-refractivity contribution in [3.8, 4) is 5.75 Å². The first kappa shape index (κ1) is 14.1. The molecule has 2 aliphatic rings. The summed E-state index contributed by atoms with van der Waals surface area (Å²) in [4.78, 5) is 6.11. The summed E-state index contributed by atoms with van der Waals surface area (Å²) in [6, 6.07) is 5.87. The van der Waals surface area contributed by atoms with E-state index in [1.165, 1.54) is 23.1 Å². The number of aromatic hydroxyl groups is 1. The van der Waals surface area contributed by atoms with Gasteiger partial charge >= 0.3 is 0 Å². The molecule has 3 heterocycles. The van der Waals surface area contributed by atoms with E-state index in [2.05, 4.69) is 16.8 Å². The molecular weight excluding hydrogens is 276 g/mol. The van der Waals surface area contributed by atoms with Crippen LogP contribution < -0.4 is 0 Å². The SMILES string of the molecule is CC[C@]1(CO)CCCN2CCc3c([nH]c4cc(O)ccc34)[C@@H]21. The number of hydrogen-bond acceptors (Lipinski definition) is 3. The number of hydrogen-bond donors (Lipinski definition) is 3. The number of nitrogens with zero attached hydrogens (tertiary/aromatic N) is 1. The molecule has 118 valence electrons. The average Bonchev–Trinajstić information content (AvgIpc) is 2.91. The molecule has 4 rings (SSSR count). The topological polar surface area (TPSA) is 59.5 Å². The summed E-state index contributed by atoms with van der Waals surface area (Å²) >= 11 is 0. The van der Waals surface area contributed by atoms with Gasteiger partial charge < -0.3 is 15.2 Å². The zero-order chi connectivity index (χ0) is 15.3. The molecular formula is C18H24N2O2. The van der Waals surface area contributed by atoms with Crippen LogP contribution in [0.1, 0.15) is 43.5 Å². The molecule has 0 aliphatic carbocycles. The van der Waals surface area contributed by atoms with E-state index in [4.69, 9.17) is 0 Å². The molecule has 0 amide bonds. The number of nitrogens with one attached hydrogen (secondary N) is 1. The molecule has 0 bridgehead atoms. The number of aromatic nitrogens is 1. The first-order valence-corrected chi connectivity index (χ1v) is 8.37. The van der Waals surface area contributed by atoms with Crippen LogP contribution in [0, 0.1) is 5.41 Å². The maximum atomic E-state index is 10.1. The summed E-state index contributed by atoms with van der Waals surface area (Å²) in [5.41, 5.74) is 3.61. The van der Waals surface area contributed by atoms with Gasteiger partial charge in [-0.2, -0.15) is 0 Å². The largest absolute Gasteiger partial charge is 0.508 e. The summed E-state index contributed by atoms with van der Waals surface area (Å²) < 4.78 is 0. The molecule has 0 spiro atoms. The van der Waals surface area contributed by atoms with Crippen molar-refractivity contribution in [1.29, 1.82) is 0 Å². The van der Waals surface area contributed by atoms with Gasteiger partial charge in [0.1, 0.15) is 5.75 Å². The molecule has 4 heteroatoms. The van der Waals surface area contributed by atoms with Crippen LogP contribution in [-0.4, -0.2) is 39.8 Å². The molecule has 1 fully saturated rings. The highest BCUT2D eigenvalue weighted by Crippen LogP contribution is 2.51. The minimum absolute atomic E-state index is 0.0453. The summed E-state index contributed by atoms with van der Waals surface area (Å²) in [6.45, 7) is 4.62. The van der Waals surface area contributed by atoms with Crippen LogP contribution >= 0.6 is 0 Å². The van der Waals surface area contributed by atoms with Crippen molar-refractivity contribution in [2.24, 2.45) is 5.41 Å². The van der Waals surface area contributed by atoms with Crippen molar-refractivity contribution >= 4 is 10.9 Å². The van der Waals surface area contributed by atoms with Crippen molar-refractivity contribution in [1.82, 2.24) is 9.88 Å². The Bertz CT molecular complexity index is 702. The lowest BCUT2D eigenvalue weighted by atomic mass is 9.68. The van der Waals surface area contributed by atoms with E-state index < -0.39 is 0 Å². The number of aliphatic hydroxyl groups is 1. The molecule has 0 radical (unpaired) electrons. The van der Waals surface area contributed by atoms with Gasteiger partial charge in [-0.1, -0.05) is 6.92 Å². The highest BCUT2D eigenvalue weighted by atomic mass is 16.3. The van der Waals surface area contributed by atoms with E-state index in [0.29, 0.717) is 5.75 Å². The summed E-state index contributed by atoms with van der Waals surface area (Å²) in [6.07, 6.45) is 4.29. The van der Waals surface area contributed by atoms with Crippen molar-refractivity contribution in [2.45, 2.75) is 38.6 Å². The maximum absolute atomic E-state index is 10.1. The number of phenols is 1. The lowest BCUT2D eigenvalue weighted by Gasteiger charge is -2.51. The monoisotopic (exact) mass is 300 g/mol. The van der Waals surface area contributed by atoms with Gasteiger partial charge in [0.05, 0.1) is 12.6 Å². The van der Waals surface area contributed by atoms with E-state index in [1.807, 2.05) is 12.1 Å². The average molecular weight is 300 g/mol. The lowest BCUT2D eigenvalue weighted by Crippen LogP contribution is -2.50. The minimum Gasteiger partial charge on any atom is -0.508 e. The molecule has 3 N–H and O–H groups in total. The zero-order valence-electron chi connectivity index (χ0n) is 13.1. The van der Waals surface area contributed by atoms with Gasteiger partial charge in [0, 0.05) is 34.6 Å². The van der Waals surface area contributed by atoms with Crippen LogP contribution in [0.2, 0.25) is 0 Å². The molecule has 0 unspecified atom stereocenters. The third-order valence-electron chi connectivity index (χ3n) is 5.93. The third-order valence-corrected chi connectivity index (χ3v) is 5.93. The Morgan fingerprint density at radius 2 is 2.23 bits per heavy atom. The molecule has 1 aromatic carbocycles. The fourth-order valence-corrected chi connectivity index (χ4v) is 4.69. The van der Waals surface area contributed by atoms with Crippen LogP contribution in [0.15, 0.2) is 18.2 Å². The van der Waals surface area contributed by atoms with Gasteiger partial charge in [-0.05, 0) is 49.9 Å². The Labute approximate surface area is 130 Å². The summed E-state index contributed by atoms with van der Waals surface area (Å²) in [5, 5.41) is 21.1. The van der Waals surface area contributed by atoms with Crippen molar-refractivity contribution in [3.05, 3.63) is 29.5 Å². The zero-order valence-corrected chi connectivity index (χ0v) is 13.1. The third kappa shape index (κ3) is 1.83. The van der Waals surface area contributed by atoms with Crippen LogP contribution in [0.25, 0.3) is 10.9 Å². The molecule has 4 nitrogen and oxygen atoms in total. The highest BCUT2D eigenvalue weighted by Gasteiger charge is 2.47. The second-order valence-corrected chi connectivity index (χ2v) is 6.91. The number of benzene rings is 1. The minimum atomic E-state index is -0.0453. The van der Waals surface area contributed by atoms with Crippen LogP contribution in [0.5, 0.6) is 5.75 Å². The van der Waals surface area contributed by atoms with E-state index in [9.17, 15) is 10.2 Å². The first-order valence-electron chi connectivity index (χ1n) is 8.37. The standard InChI is InChI=1S/C18H24N2O2/c1-2-18(11-21)7-3-8-20-9-6-14-13-5-4-12(22)10-15(13)19-16(14)17(18)20/h4-5,10,17,19,21-22H,2-3,6-9,11H2,1H3/t17-,18-/m1/s1. The molecule has 1 saturated heterocycles. The second-order valence-electron chi connectivity index (χ2n) is 6.91. The van der Waals surface area contributed by atoms with E-state index in [-0.39, 0.29) is 18.1 Å². The van der Waals surface area contributed by atoms with Crippen molar-refractivity contribution < 1.29 is 10.2 Å². The van der Waals surface area contributed by atoms with Crippen LogP contribution in [0.4, 0.5) is 0 Å². The molecule has 2 aliphatic heterocycles. The number of piperidine rings is 1. The van der Waals surface area contributed by atoms with Crippen LogP contribution in [0.3, 0.4) is 0 Å². The van der Waals surface area contributed by atoms with Gasteiger partial charge in [-0.25, -0.2) is 0 Å². The Kier molecular flexibility index (Phi) is 3.20.